The number of nitrogen functional groups attached to an aromatic ring is 1. The molecule has 0 spiro atoms. The highest BCUT2D eigenvalue weighted by molar-refractivity contribution is 5.57. The molecule has 90 valence electrons. The first-order valence-electron chi connectivity index (χ1n) is 5.57. The highest BCUT2D eigenvalue weighted by Gasteiger charge is 2.14. The van der Waals surface area contributed by atoms with E-state index in [4.69, 9.17) is 5.84 Å². The van der Waals surface area contributed by atoms with Crippen LogP contribution in [0.3, 0.4) is 0 Å². The molecule has 0 aromatic carbocycles. The number of hydrogen-bond donors (Lipinski definition) is 2. The summed E-state index contributed by atoms with van der Waals surface area (Å²) in [4.78, 5) is 11.1. The first-order valence-corrected chi connectivity index (χ1v) is 5.57. The second-order valence-corrected chi connectivity index (χ2v) is 4.19. The van der Waals surface area contributed by atoms with Gasteiger partial charge in [-0.2, -0.15) is 0 Å². The van der Waals surface area contributed by atoms with Gasteiger partial charge in [0.25, 0.3) is 0 Å². The van der Waals surface area contributed by atoms with Crippen LogP contribution in [0, 0.1) is 6.92 Å². The average molecular weight is 223 g/mol. The molecular weight excluding hydrogens is 202 g/mol. The zero-order valence-corrected chi connectivity index (χ0v) is 10.7. The molecule has 0 aliphatic carbocycles. The van der Waals surface area contributed by atoms with Crippen LogP contribution in [0.5, 0.6) is 0 Å². The highest BCUT2D eigenvalue weighted by atomic mass is 15.3. The van der Waals surface area contributed by atoms with Crippen molar-refractivity contribution >= 4 is 11.6 Å². The Morgan fingerprint density at radius 2 is 2.00 bits per heavy atom. The molecule has 1 aromatic rings. The van der Waals surface area contributed by atoms with Gasteiger partial charge in [0.2, 0.25) is 0 Å². The van der Waals surface area contributed by atoms with E-state index in [1.54, 1.807) is 0 Å². The fourth-order valence-corrected chi connectivity index (χ4v) is 1.44. The molecule has 0 aliphatic rings. The average Bonchev–Trinajstić information content (AvgIpc) is 2.28. The van der Waals surface area contributed by atoms with E-state index in [2.05, 4.69) is 41.1 Å². The number of nitrogens with one attached hydrogen (secondary N) is 1. The minimum absolute atomic E-state index is 0.289. The Morgan fingerprint density at radius 3 is 2.44 bits per heavy atom. The summed E-state index contributed by atoms with van der Waals surface area (Å²) in [6, 6.07) is 0. The van der Waals surface area contributed by atoms with Crippen molar-refractivity contribution in [3.05, 3.63) is 11.4 Å². The molecule has 0 bridgehead atoms. The zero-order valence-electron chi connectivity index (χ0n) is 10.7. The Balaban J connectivity index is 3.29. The third kappa shape index (κ3) is 2.41. The maximum absolute atomic E-state index is 5.47. The Hall–Kier alpha value is -1.36. The molecule has 0 unspecified atom stereocenters. The highest BCUT2D eigenvalue weighted by Crippen LogP contribution is 2.24. The van der Waals surface area contributed by atoms with Crippen LogP contribution in [0.4, 0.5) is 11.6 Å². The SMILES string of the molecule is CCN(C)c1nc(C(C)C)nc(NN)c1C. The molecule has 0 amide bonds. The van der Waals surface area contributed by atoms with Gasteiger partial charge in [-0.25, -0.2) is 15.8 Å². The van der Waals surface area contributed by atoms with Crippen molar-refractivity contribution in [3.63, 3.8) is 0 Å². The van der Waals surface area contributed by atoms with Gasteiger partial charge in [0.15, 0.2) is 0 Å². The standard InChI is InChI=1S/C11H21N5/c1-6-16(5)11-8(4)10(15-12)13-9(14-11)7(2)3/h7H,6,12H2,1-5H3,(H,13,14,15). The van der Waals surface area contributed by atoms with Gasteiger partial charge in [-0.05, 0) is 13.8 Å². The molecule has 3 N–H and O–H groups in total. The smallest absolute Gasteiger partial charge is 0.148 e. The monoisotopic (exact) mass is 223 g/mol. The number of hydrazine groups is 1. The van der Waals surface area contributed by atoms with Crippen molar-refractivity contribution in [2.75, 3.05) is 23.9 Å². The molecule has 1 rings (SSSR count). The maximum atomic E-state index is 5.47. The summed E-state index contributed by atoms with van der Waals surface area (Å²) in [7, 11) is 2.01. The summed E-state index contributed by atoms with van der Waals surface area (Å²) in [6.45, 7) is 9.10. The number of hydrogen-bond acceptors (Lipinski definition) is 5. The topological polar surface area (TPSA) is 67.1 Å². The molecule has 5 nitrogen and oxygen atoms in total. The summed E-state index contributed by atoms with van der Waals surface area (Å²) in [5.41, 5.74) is 3.61. The Bertz CT molecular complexity index is 362. The Morgan fingerprint density at radius 1 is 1.38 bits per heavy atom. The van der Waals surface area contributed by atoms with Crippen LogP contribution in [0.15, 0.2) is 0 Å². The van der Waals surface area contributed by atoms with Gasteiger partial charge in [0, 0.05) is 25.1 Å². The third-order valence-electron chi connectivity index (χ3n) is 2.63. The summed E-state index contributed by atoms with van der Waals surface area (Å²) < 4.78 is 0. The van der Waals surface area contributed by atoms with E-state index in [9.17, 15) is 0 Å². The maximum Gasteiger partial charge on any atom is 0.148 e. The van der Waals surface area contributed by atoms with Crippen LogP contribution in [-0.2, 0) is 0 Å². The number of aromatic nitrogens is 2. The van der Waals surface area contributed by atoms with Gasteiger partial charge < -0.3 is 10.3 Å². The summed E-state index contributed by atoms with van der Waals surface area (Å²) in [5, 5.41) is 0. The minimum atomic E-state index is 0.289. The van der Waals surface area contributed by atoms with E-state index in [1.807, 2.05) is 14.0 Å². The fourth-order valence-electron chi connectivity index (χ4n) is 1.44. The third-order valence-corrected chi connectivity index (χ3v) is 2.63. The van der Waals surface area contributed by atoms with Crippen molar-refractivity contribution in [1.82, 2.24) is 9.97 Å². The summed E-state index contributed by atoms with van der Waals surface area (Å²) in [5.74, 6) is 8.22. The number of rotatable bonds is 4. The van der Waals surface area contributed by atoms with E-state index in [1.165, 1.54) is 0 Å². The van der Waals surface area contributed by atoms with E-state index in [0.29, 0.717) is 5.82 Å². The van der Waals surface area contributed by atoms with Crippen LogP contribution in [0.2, 0.25) is 0 Å². The lowest BCUT2D eigenvalue weighted by Crippen LogP contribution is -2.22. The lowest BCUT2D eigenvalue weighted by atomic mass is 10.2. The molecule has 0 saturated carbocycles. The number of nitrogens with zero attached hydrogens (tertiary/aromatic N) is 3. The first-order chi connectivity index (χ1) is 7.51. The van der Waals surface area contributed by atoms with Crippen LogP contribution in [-0.4, -0.2) is 23.6 Å². The molecule has 1 aromatic heterocycles. The molecule has 16 heavy (non-hydrogen) atoms. The fraction of sp³-hybridized carbons (Fsp3) is 0.636. The molecular formula is C11H21N5. The molecule has 0 radical (unpaired) electrons. The number of anilines is 2. The predicted molar refractivity (Wildman–Crippen MR) is 67.6 cm³/mol. The van der Waals surface area contributed by atoms with Crippen molar-refractivity contribution < 1.29 is 0 Å². The molecule has 1 heterocycles. The number of nitrogens with two attached hydrogens (primary N) is 1. The second kappa shape index (κ2) is 5.12. The molecule has 0 saturated heterocycles. The van der Waals surface area contributed by atoms with E-state index < -0.39 is 0 Å². The summed E-state index contributed by atoms with van der Waals surface area (Å²) >= 11 is 0. The quantitative estimate of drug-likeness (QED) is 0.600. The van der Waals surface area contributed by atoms with Gasteiger partial charge in [0.05, 0.1) is 0 Å². The van der Waals surface area contributed by atoms with Crippen molar-refractivity contribution in [1.29, 1.82) is 0 Å². The summed E-state index contributed by atoms with van der Waals surface area (Å²) in [6.07, 6.45) is 0. The zero-order chi connectivity index (χ0) is 12.3. The lowest BCUT2D eigenvalue weighted by Gasteiger charge is -2.21. The van der Waals surface area contributed by atoms with E-state index >= 15 is 0 Å². The largest absolute Gasteiger partial charge is 0.360 e. The van der Waals surface area contributed by atoms with Gasteiger partial charge in [-0.1, -0.05) is 13.8 Å². The van der Waals surface area contributed by atoms with Crippen molar-refractivity contribution in [2.45, 2.75) is 33.6 Å². The lowest BCUT2D eigenvalue weighted by molar-refractivity contribution is 0.763. The molecule has 0 atom stereocenters. The minimum Gasteiger partial charge on any atom is -0.360 e. The van der Waals surface area contributed by atoms with E-state index in [0.717, 1.165) is 23.8 Å². The van der Waals surface area contributed by atoms with Gasteiger partial charge in [-0.15, -0.1) is 0 Å². The van der Waals surface area contributed by atoms with Crippen LogP contribution >= 0.6 is 0 Å². The predicted octanol–water partition coefficient (Wildman–Crippen LogP) is 1.65. The Labute approximate surface area is 97.0 Å². The van der Waals surface area contributed by atoms with Gasteiger partial charge in [-0.3, -0.25) is 0 Å². The van der Waals surface area contributed by atoms with Crippen molar-refractivity contribution in [2.24, 2.45) is 5.84 Å². The molecule has 0 aliphatic heterocycles. The normalized spacial score (nSPS) is 10.7. The van der Waals surface area contributed by atoms with Crippen LogP contribution in [0.25, 0.3) is 0 Å². The molecule has 5 heteroatoms. The van der Waals surface area contributed by atoms with Crippen LogP contribution in [0.1, 0.15) is 38.1 Å². The molecule has 0 fully saturated rings. The first kappa shape index (κ1) is 12.7. The Kier molecular flexibility index (Phi) is 4.06. The second-order valence-electron chi connectivity index (χ2n) is 4.19. The van der Waals surface area contributed by atoms with Crippen LogP contribution < -0.4 is 16.2 Å². The van der Waals surface area contributed by atoms with Crippen molar-refractivity contribution in [3.8, 4) is 0 Å². The van der Waals surface area contributed by atoms with E-state index in [-0.39, 0.29) is 5.92 Å². The van der Waals surface area contributed by atoms with Gasteiger partial charge in [0.1, 0.15) is 17.5 Å². The van der Waals surface area contributed by atoms with Gasteiger partial charge >= 0.3 is 0 Å².